The van der Waals surface area contributed by atoms with Crippen molar-refractivity contribution in [1.82, 2.24) is 19.9 Å². The Labute approximate surface area is 129 Å². The third-order valence-corrected chi connectivity index (χ3v) is 3.68. The van der Waals surface area contributed by atoms with E-state index in [-0.39, 0.29) is 11.9 Å². The standard InChI is InChI=1S/C17H18N4O/c1-3-12(2)20-17(22)13-6-4-7-14(10-13)21-11-19-15-8-5-9-18-16(15)21/h4-12H,3H2,1-2H3,(H,20,22)/t12-/m0/s1. The number of hydrogen-bond donors (Lipinski definition) is 1. The van der Waals surface area contributed by atoms with Crippen molar-refractivity contribution in [2.24, 2.45) is 0 Å². The molecule has 1 atom stereocenters. The van der Waals surface area contributed by atoms with E-state index in [9.17, 15) is 4.79 Å². The van der Waals surface area contributed by atoms with Gasteiger partial charge >= 0.3 is 0 Å². The molecule has 5 nitrogen and oxygen atoms in total. The second-order valence-corrected chi connectivity index (χ2v) is 5.29. The van der Waals surface area contributed by atoms with Crippen LogP contribution in [0.15, 0.2) is 48.9 Å². The SMILES string of the molecule is CC[C@H](C)NC(=O)c1cccc(-n2cnc3cccnc32)c1. The van der Waals surface area contributed by atoms with Crippen molar-refractivity contribution in [2.75, 3.05) is 0 Å². The molecule has 0 aliphatic rings. The van der Waals surface area contributed by atoms with Gasteiger partial charge in [-0.2, -0.15) is 0 Å². The van der Waals surface area contributed by atoms with Gasteiger partial charge in [0.15, 0.2) is 5.65 Å². The zero-order valence-electron chi connectivity index (χ0n) is 12.7. The van der Waals surface area contributed by atoms with Crippen LogP contribution in [0.1, 0.15) is 30.6 Å². The molecule has 0 saturated heterocycles. The summed E-state index contributed by atoms with van der Waals surface area (Å²) in [7, 11) is 0. The van der Waals surface area contributed by atoms with Crippen LogP contribution >= 0.6 is 0 Å². The first kappa shape index (κ1) is 14.3. The number of fused-ring (bicyclic) bond motifs is 1. The predicted molar refractivity (Wildman–Crippen MR) is 86.1 cm³/mol. The highest BCUT2D eigenvalue weighted by atomic mass is 16.1. The zero-order valence-corrected chi connectivity index (χ0v) is 12.7. The highest BCUT2D eigenvalue weighted by molar-refractivity contribution is 5.95. The van der Waals surface area contributed by atoms with E-state index in [0.29, 0.717) is 5.56 Å². The van der Waals surface area contributed by atoms with Crippen molar-refractivity contribution < 1.29 is 4.79 Å². The number of amides is 1. The van der Waals surface area contributed by atoms with Crippen LogP contribution in [-0.2, 0) is 0 Å². The van der Waals surface area contributed by atoms with Crippen LogP contribution in [0.3, 0.4) is 0 Å². The topological polar surface area (TPSA) is 59.8 Å². The molecule has 0 aliphatic heterocycles. The van der Waals surface area contributed by atoms with Crippen LogP contribution in [0.25, 0.3) is 16.9 Å². The summed E-state index contributed by atoms with van der Waals surface area (Å²) in [4.78, 5) is 20.9. The van der Waals surface area contributed by atoms with Gasteiger partial charge in [-0.05, 0) is 43.7 Å². The molecule has 0 saturated carbocycles. The lowest BCUT2D eigenvalue weighted by Gasteiger charge is -2.12. The Bertz CT molecular complexity index is 809. The maximum absolute atomic E-state index is 12.2. The molecule has 22 heavy (non-hydrogen) atoms. The van der Waals surface area contributed by atoms with Crippen molar-refractivity contribution in [3.05, 3.63) is 54.5 Å². The average molecular weight is 294 g/mol. The summed E-state index contributed by atoms with van der Waals surface area (Å²) in [6.45, 7) is 4.04. The van der Waals surface area contributed by atoms with E-state index in [0.717, 1.165) is 23.3 Å². The fraction of sp³-hybridized carbons (Fsp3) is 0.235. The first-order valence-corrected chi connectivity index (χ1v) is 7.38. The summed E-state index contributed by atoms with van der Waals surface area (Å²) in [6, 6.07) is 11.4. The lowest BCUT2D eigenvalue weighted by atomic mass is 10.1. The summed E-state index contributed by atoms with van der Waals surface area (Å²) in [5.74, 6) is -0.0615. The molecule has 3 rings (SSSR count). The van der Waals surface area contributed by atoms with Crippen LogP contribution in [-0.4, -0.2) is 26.5 Å². The molecule has 0 radical (unpaired) electrons. The lowest BCUT2D eigenvalue weighted by molar-refractivity contribution is 0.0939. The number of carbonyl (C=O) groups excluding carboxylic acids is 1. The van der Waals surface area contributed by atoms with E-state index in [1.165, 1.54) is 0 Å². The summed E-state index contributed by atoms with van der Waals surface area (Å²) in [6.07, 6.45) is 4.37. The second-order valence-electron chi connectivity index (χ2n) is 5.29. The number of nitrogens with one attached hydrogen (secondary N) is 1. The van der Waals surface area contributed by atoms with Gasteiger partial charge in [-0.25, -0.2) is 9.97 Å². The number of carbonyl (C=O) groups is 1. The molecule has 0 unspecified atom stereocenters. The van der Waals surface area contributed by atoms with Crippen molar-refractivity contribution in [2.45, 2.75) is 26.3 Å². The van der Waals surface area contributed by atoms with Gasteiger partial charge in [0.05, 0.1) is 0 Å². The van der Waals surface area contributed by atoms with Crippen LogP contribution in [0.5, 0.6) is 0 Å². The average Bonchev–Trinajstić information content (AvgIpc) is 2.99. The van der Waals surface area contributed by atoms with Crippen LogP contribution < -0.4 is 5.32 Å². The molecular weight excluding hydrogens is 276 g/mol. The minimum Gasteiger partial charge on any atom is -0.350 e. The van der Waals surface area contributed by atoms with Gasteiger partial charge in [0.2, 0.25) is 0 Å². The maximum atomic E-state index is 12.2. The lowest BCUT2D eigenvalue weighted by Crippen LogP contribution is -2.31. The smallest absolute Gasteiger partial charge is 0.251 e. The summed E-state index contributed by atoms with van der Waals surface area (Å²) < 4.78 is 1.88. The van der Waals surface area contributed by atoms with Gasteiger partial charge in [0.1, 0.15) is 11.8 Å². The number of benzene rings is 1. The van der Waals surface area contributed by atoms with E-state index >= 15 is 0 Å². The number of rotatable bonds is 4. The van der Waals surface area contributed by atoms with Gasteiger partial charge in [-0.15, -0.1) is 0 Å². The van der Waals surface area contributed by atoms with E-state index in [1.54, 1.807) is 12.5 Å². The Kier molecular flexibility index (Phi) is 3.87. The Morgan fingerprint density at radius 3 is 2.95 bits per heavy atom. The Hall–Kier alpha value is -2.69. The fourth-order valence-corrected chi connectivity index (χ4v) is 2.24. The number of imidazole rings is 1. The monoisotopic (exact) mass is 294 g/mol. The second kappa shape index (κ2) is 5.97. The van der Waals surface area contributed by atoms with Crippen molar-refractivity contribution in [1.29, 1.82) is 0 Å². The molecule has 2 aromatic heterocycles. The van der Waals surface area contributed by atoms with E-state index < -0.39 is 0 Å². The zero-order chi connectivity index (χ0) is 15.5. The number of aromatic nitrogens is 3. The largest absolute Gasteiger partial charge is 0.350 e. The Balaban J connectivity index is 1.96. The number of pyridine rings is 1. The van der Waals surface area contributed by atoms with Gasteiger partial charge in [-0.3, -0.25) is 9.36 Å². The normalized spacial score (nSPS) is 12.3. The third kappa shape index (κ3) is 2.70. The number of hydrogen-bond acceptors (Lipinski definition) is 3. The van der Waals surface area contributed by atoms with Crippen LogP contribution in [0, 0.1) is 0 Å². The maximum Gasteiger partial charge on any atom is 0.251 e. The molecule has 0 aliphatic carbocycles. The predicted octanol–water partition coefficient (Wildman–Crippen LogP) is 2.95. The molecule has 5 heteroatoms. The minimum absolute atomic E-state index is 0.0615. The van der Waals surface area contributed by atoms with Gasteiger partial charge in [-0.1, -0.05) is 13.0 Å². The molecule has 1 amide bonds. The molecule has 0 fully saturated rings. The van der Waals surface area contributed by atoms with Gasteiger partial charge in [0.25, 0.3) is 5.91 Å². The van der Waals surface area contributed by atoms with Gasteiger partial charge < -0.3 is 5.32 Å². The summed E-state index contributed by atoms with van der Waals surface area (Å²) in [5, 5.41) is 2.98. The molecule has 0 spiro atoms. The molecule has 1 N–H and O–H groups in total. The fourth-order valence-electron chi connectivity index (χ4n) is 2.24. The van der Waals surface area contributed by atoms with Crippen molar-refractivity contribution in [3.8, 4) is 5.69 Å². The quantitative estimate of drug-likeness (QED) is 0.804. The molecule has 1 aromatic carbocycles. The van der Waals surface area contributed by atoms with Crippen LogP contribution in [0.2, 0.25) is 0 Å². The van der Waals surface area contributed by atoms with E-state index in [2.05, 4.69) is 15.3 Å². The van der Waals surface area contributed by atoms with Crippen molar-refractivity contribution >= 4 is 17.1 Å². The summed E-state index contributed by atoms with van der Waals surface area (Å²) in [5.41, 5.74) is 3.12. The summed E-state index contributed by atoms with van der Waals surface area (Å²) >= 11 is 0. The Morgan fingerprint density at radius 1 is 1.27 bits per heavy atom. The molecule has 112 valence electrons. The molecule has 2 heterocycles. The first-order valence-electron chi connectivity index (χ1n) is 7.38. The van der Waals surface area contributed by atoms with E-state index in [4.69, 9.17) is 0 Å². The van der Waals surface area contributed by atoms with Crippen molar-refractivity contribution in [3.63, 3.8) is 0 Å². The van der Waals surface area contributed by atoms with E-state index in [1.807, 2.05) is 54.8 Å². The first-order chi connectivity index (χ1) is 10.7. The molecular formula is C17H18N4O. The molecule has 3 aromatic rings. The number of nitrogens with zero attached hydrogens (tertiary/aromatic N) is 3. The minimum atomic E-state index is -0.0615. The highest BCUT2D eigenvalue weighted by Gasteiger charge is 2.11. The molecule has 0 bridgehead atoms. The highest BCUT2D eigenvalue weighted by Crippen LogP contribution is 2.17. The third-order valence-electron chi connectivity index (χ3n) is 3.68. The van der Waals surface area contributed by atoms with Gasteiger partial charge in [0, 0.05) is 23.5 Å². The Morgan fingerprint density at radius 2 is 2.14 bits per heavy atom. The van der Waals surface area contributed by atoms with Crippen LogP contribution in [0.4, 0.5) is 0 Å².